The predicted octanol–water partition coefficient (Wildman–Crippen LogP) is 3.54. The van der Waals surface area contributed by atoms with E-state index in [1.165, 1.54) is 4.90 Å². The Morgan fingerprint density at radius 2 is 1.45 bits per heavy atom. The molecule has 2 fully saturated rings. The smallest absolute Gasteiger partial charge is 0.240 e. The highest BCUT2D eigenvalue weighted by Gasteiger charge is 2.64. The second-order valence-corrected chi connectivity index (χ2v) is 9.81. The number of ketones is 1. The van der Waals surface area contributed by atoms with Gasteiger partial charge in [0.25, 0.3) is 0 Å². The Hall–Kier alpha value is -4.79. The van der Waals surface area contributed by atoms with Crippen LogP contribution in [-0.4, -0.2) is 42.1 Å². The number of imide groups is 1. The molecule has 38 heavy (non-hydrogen) atoms. The maximum Gasteiger partial charge on any atom is 0.240 e. The lowest BCUT2D eigenvalue weighted by atomic mass is 9.83. The Bertz CT molecular complexity index is 1600. The van der Waals surface area contributed by atoms with Gasteiger partial charge in [-0.25, -0.2) is 4.90 Å². The van der Waals surface area contributed by atoms with E-state index in [-0.39, 0.29) is 25.3 Å². The van der Waals surface area contributed by atoms with Crippen molar-refractivity contribution in [1.82, 2.24) is 4.90 Å². The molecule has 3 aromatic carbocycles. The zero-order valence-electron chi connectivity index (χ0n) is 19.9. The van der Waals surface area contributed by atoms with Crippen LogP contribution in [0.2, 0.25) is 0 Å². The molecule has 188 valence electrons. The average molecular weight is 508 g/mol. The summed E-state index contributed by atoms with van der Waals surface area (Å²) in [6, 6.07) is 16.5. The second kappa shape index (κ2) is 7.61. The van der Waals surface area contributed by atoms with Gasteiger partial charge < -0.3 is 23.8 Å². The van der Waals surface area contributed by atoms with Gasteiger partial charge >= 0.3 is 0 Å². The largest absolute Gasteiger partial charge is 0.454 e. The molecule has 9 heteroatoms. The summed E-state index contributed by atoms with van der Waals surface area (Å²) in [5.41, 5.74) is 2.68. The first-order valence-corrected chi connectivity index (χ1v) is 12.4. The van der Waals surface area contributed by atoms with Crippen molar-refractivity contribution in [3.8, 4) is 23.0 Å². The Kier molecular flexibility index (Phi) is 4.27. The minimum Gasteiger partial charge on any atom is -0.454 e. The van der Waals surface area contributed by atoms with Crippen LogP contribution in [0, 0.1) is 11.8 Å². The van der Waals surface area contributed by atoms with Crippen molar-refractivity contribution in [1.29, 1.82) is 0 Å². The zero-order valence-corrected chi connectivity index (χ0v) is 19.9. The molecule has 3 aromatic rings. The van der Waals surface area contributed by atoms with Crippen LogP contribution >= 0.6 is 0 Å². The van der Waals surface area contributed by atoms with E-state index < -0.39 is 29.8 Å². The molecule has 0 aliphatic carbocycles. The summed E-state index contributed by atoms with van der Waals surface area (Å²) >= 11 is 0. The van der Waals surface area contributed by atoms with Crippen LogP contribution in [0.15, 0.2) is 66.9 Å². The number of carbonyl (C=O) groups is 3. The lowest BCUT2D eigenvalue weighted by molar-refractivity contribution is -0.123. The number of benzene rings is 3. The second-order valence-electron chi connectivity index (χ2n) is 9.81. The summed E-state index contributed by atoms with van der Waals surface area (Å²) in [4.78, 5) is 45.3. The molecule has 0 aromatic heterocycles. The van der Waals surface area contributed by atoms with Gasteiger partial charge in [0, 0.05) is 17.8 Å². The molecule has 0 saturated carbocycles. The Morgan fingerprint density at radius 3 is 2.26 bits per heavy atom. The number of carbonyl (C=O) groups excluding carboxylic acids is 3. The van der Waals surface area contributed by atoms with Gasteiger partial charge in [-0.1, -0.05) is 24.3 Å². The van der Waals surface area contributed by atoms with Crippen LogP contribution in [0.3, 0.4) is 0 Å². The number of nitrogens with zero attached hydrogens (tertiary/aromatic N) is 2. The first-order valence-electron chi connectivity index (χ1n) is 12.4. The van der Waals surface area contributed by atoms with Crippen LogP contribution < -0.4 is 23.8 Å². The van der Waals surface area contributed by atoms with Crippen molar-refractivity contribution in [3.63, 3.8) is 0 Å². The first kappa shape index (κ1) is 21.3. The van der Waals surface area contributed by atoms with E-state index in [0.29, 0.717) is 34.2 Å². The van der Waals surface area contributed by atoms with Gasteiger partial charge in [-0.2, -0.15) is 0 Å². The topological polar surface area (TPSA) is 94.6 Å². The van der Waals surface area contributed by atoms with Gasteiger partial charge in [-0.15, -0.1) is 0 Å². The standard InChI is InChI=1S/C29H20N2O7/c32-27(16-5-7-19-21(11-16)37-13-35-19)26-24-23(25-18-4-2-1-3-15(18)9-10-30(25)26)28(33)31(29(24)34)17-6-8-20-22(12-17)38-14-36-20/h1-12,23-26H,13-14H2. The molecule has 5 heterocycles. The molecular weight excluding hydrogens is 488 g/mol. The number of amides is 2. The van der Waals surface area contributed by atoms with Crippen LogP contribution in [0.5, 0.6) is 23.0 Å². The minimum absolute atomic E-state index is 0.0815. The number of ether oxygens (including phenoxy) is 4. The van der Waals surface area contributed by atoms with Gasteiger partial charge in [0.15, 0.2) is 28.8 Å². The highest BCUT2D eigenvalue weighted by Crippen LogP contribution is 2.54. The van der Waals surface area contributed by atoms with Gasteiger partial charge in [-0.05, 0) is 47.5 Å². The number of hydrogen-bond acceptors (Lipinski definition) is 8. The summed E-state index contributed by atoms with van der Waals surface area (Å²) in [6.07, 6.45) is 3.77. The fraction of sp³-hybridized carbons (Fsp3) is 0.207. The van der Waals surface area contributed by atoms with Crippen LogP contribution in [0.4, 0.5) is 5.69 Å². The molecule has 9 nitrogen and oxygen atoms in total. The third-order valence-electron chi connectivity index (χ3n) is 8.00. The summed E-state index contributed by atoms with van der Waals surface area (Å²) in [6.45, 7) is 0.171. The van der Waals surface area contributed by atoms with Crippen molar-refractivity contribution in [2.24, 2.45) is 11.8 Å². The van der Waals surface area contributed by atoms with Gasteiger partial charge in [-0.3, -0.25) is 14.4 Å². The SMILES string of the molecule is O=C(c1ccc2c(c1)OCO2)C1C2C(=O)N(c3ccc4c(c3)OCO4)C(=O)C2C2c3ccccc3C=CN12. The first-order chi connectivity index (χ1) is 18.6. The number of anilines is 1. The van der Waals surface area contributed by atoms with Crippen LogP contribution in [-0.2, 0) is 9.59 Å². The Labute approximate surface area is 216 Å². The lowest BCUT2D eigenvalue weighted by Crippen LogP contribution is -2.44. The van der Waals surface area contributed by atoms with Crippen molar-refractivity contribution >= 4 is 29.4 Å². The van der Waals surface area contributed by atoms with Crippen molar-refractivity contribution < 1.29 is 33.3 Å². The third kappa shape index (κ3) is 2.78. The van der Waals surface area contributed by atoms with Gasteiger partial charge in [0.1, 0.15) is 6.04 Å². The molecule has 5 aliphatic rings. The van der Waals surface area contributed by atoms with E-state index in [1.54, 1.807) is 36.4 Å². The minimum atomic E-state index is -0.870. The Morgan fingerprint density at radius 1 is 0.763 bits per heavy atom. The third-order valence-corrected chi connectivity index (χ3v) is 8.00. The quantitative estimate of drug-likeness (QED) is 0.392. The van der Waals surface area contributed by atoms with Gasteiger partial charge in [0.2, 0.25) is 25.4 Å². The normalized spacial score (nSPS) is 25.5. The summed E-state index contributed by atoms with van der Waals surface area (Å²) in [5, 5.41) is 0. The van der Waals surface area contributed by atoms with E-state index >= 15 is 0 Å². The molecule has 2 saturated heterocycles. The van der Waals surface area contributed by atoms with Crippen LogP contribution in [0.1, 0.15) is 27.5 Å². The molecule has 0 N–H and O–H groups in total. The predicted molar refractivity (Wildman–Crippen MR) is 133 cm³/mol. The molecule has 2 amide bonds. The van der Waals surface area contributed by atoms with E-state index in [2.05, 4.69) is 0 Å². The van der Waals surface area contributed by atoms with Crippen molar-refractivity contribution in [2.45, 2.75) is 12.1 Å². The maximum atomic E-state index is 14.1. The van der Waals surface area contributed by atoms with E-state index in [4.69, 9.17) is 18.9 Å². The number of Topliss-reactive ketones (excluding diaryl/α,β-unsaturated/α-hetero) is 1. The fourth-order valence-corrected chi connectivity index (χ4v) is 6.36. The molecule has 8 rings (SSSR count). The van der Waals surface area contributed by atoms with Crippen molar-refractivity contribution in [3.05, 3.63) is 83.6 Å². The molecular formula is C29H20N2O7. The highest BCUT2D eigenvalue weighted by molar-refractivity contribution is 6.24. The molecule has 4 atom stereocenters. The lowest BCUT2D eigenvalue weighted by Gasteiger charge is -2.35. The number of fused-ring (bicyclic) bond motifs is 7. The average Bonchev–Trinajstić information content (AvgIpc) is 3.71. The summed E-state index contributed by atoms with van der Waals surface area (Å²) < 4.78 is 21.8. The molecule has 0 bridgehead atoms. The number of rotatable bonds is 3. The van der Waals surface area contributed by atoms with Gasteiger partial charge in [0.05, 0.1) is 23.6 Å². The highest BCUT2D eigenvalue weighted by atomic mass is 16.7. The van der Waals surface area contributed by atoms with Crippen LogP contribution in [0.25, 0.3) is 6.08 Å². The van der Waals surface area contributed by atoms with Crippen molar-refractivity contribution in [2.75, 3.05) is 18.5 Å². The van der Waals surface area contributed by atoms with E-state index in [0.717, 1.165) is 11.1 Å². The number of hydrogen-bond donors (Lipinski definition) is 0. The summed E-state index contributed by atoms with van der Waals surface area (Å²) in [5.74, 6) is -0.513. The molecule has 0 radical (unpaired) electrons. The zero-order chi connectivity index (χ0) is 25.5. The molecule has 5 aliphatic heterocycles. The summed E-state index contributed by atoms with van der Waals surface area (Å²) in [7, 11) is 0. The monoisotopic (exact) mass is 508 g/mol. The Balaban J connectivity index is 1.25. The van der Waals surface area contributed by atoms with E-state index in [1.807, 2.05) is 41.4 Å². The molecule has 4 unspecified atom stereocenters. The molecule has 0 spiro atoms. The maximum absolute atomic E-state index is 14.1. The van der Waals surface area contributed by atoms with E-state index in [9.17, 15) is 14.4 Å². The fourth-order valence-electron chi connectivity index (χ4n) is 6.36.